The number of hydrogen-bond acceptors (Lipinski definition) is 2. The van der Waals surface area contributed by atoms with E-state index in [9.17, 15) is 4.39 Å². The van der Waals surface area contributed by atoms with E-state index in [0.29, 0.717) is 6.54 Å². The molecule has 1 aliphatic rings. The topological polar surface area (TPSA) is 21.3 Å². The molecule has 22 heavy (non-hydrogen) atoms. The molecule has 3 heteroatoms. The molecule has 2 aromatic carbocycles. The van der Waals surface area contributed by atoms with Crippen molar-refractivity contribution in [2.24, 2.45) is 0 Å². The molecule has 1 aliphatic heterocycles. The minimum Gasteiger partial charge on any atom is -0.487 e. The SMILES string of the molecule is Cc1ccc2c(c1)C(NCc1ccc(F)cc1)CC(C)(C)O2. The molecule has 0 radical (unpaired) electrons. The molecule has 0 aliphatic carbocycles. The molecular formula is C19H22FNO. The summed E-state index contributed by atoms with van der Waals surface area (Å²) in [5.74, 6) is 0.760. The quantitative estimate of drug-likeness (QED) is 0.899. The fraction of sp³-hybridized carbons (Fsp3) is 0.368. The van der Waals surface area contributed by atoms with Crippen LogP contribution in [0.25, 0.3) is 0 Å². The summed E-state index contributed by atoms with van der Waals surface area (Å²) < 4.78 is 19.1. The van der Waals surface area contributed by atoms with Gasteiger partial charge in [-0.3, -0.25) is 0 Å². The van der Waals surface area contributed by atoms with Crippen molar-refractivity contribution in [3.05, 3.63) is 65.0 Å². The summed E-state index contributed by atoms with van der Waals surface area (Å²) in [5.41, 5.74) is 3.33. The van der Waals surface area contributed by atoms with Crippen LogP contribution in [0.4, 0.5) is 4.39 Å². The maximum absolute atomic E-state index is 13.0. The average molecular weight is 299 g/mol. The highest BCUT2D eigenvalue weighted by Gasteiger charge is 2.33. The van der Waals surface area contributed by atoms with Crippen LogP contribution in [0.5, 0.6) is 5.75 Å². The van der Waals surface area contributed by atoms with Gasteiger partial charge in [0, 0.05) is 24.6 Å². The van der Waals surface area contributed by atoms with Gasteiger partial charge in [0.05, 0.1) is 0 Å². The van der Waals surface area contributed by atoms with Gasteiger partial charge in [0.1, 0.15) is 17.2 Å². The Morgan fingerprint density at radius 1 is 1.18 bits per heavy atom. The molecular weight excluding hydrogens is 277 g/mol. The van der Waals surface area contributed by atoms with Crippen molar-refractivity contribution in [1.29, 1.82) is 0 Å². The predicted molar refractivity (Wildman–Crippen MR) is 86.5 cm³/mol. The molecule has 2 aromatic rings. The van der Waals surface area contributed by atoms with E-state index in [1.165, 1.54) is 23.3 Å². The number of nitrogens with one attached hydrogen (secondary N) is 1. The maximum atomic E-state index is 13.0. The van der Waals surface area contributed by atoms with Gasteiger partial charge in [-0.05, 0) is 44.5 Å². The number of fused-ring (bicyclic) bond motifs is 1. The first-order valence-corrected chi connectivity index (χ1v) is 7.70. The molecule has 116 valence electrons. The summed E-state index contributed by atoms with van der Waals surface area (Å²) in [6.07, 6.45) is 0.907. The fourth-order valence-corrected chi connectivity index (χ4v) is 3.00. The molecule has 0 spiro atoms. The lowest BCUT2D eigenvalue weighted by Gasteiger charge is -2.38. The first kappa shape index (κ1) is 15.0. The molecule has 3 rings (SSSR count). The third kappa shape index (κ3) is 3.30. The van der Waals surface area contributed by atoms with Crippen LogP contribution < -0.4 is 10.1 Å². The van der Waals surface area contributed by atoms with E-state index in [0.717, 1.165) is 17.7 Å². The lowest BCUT2D eigenvalue weighted by atomic mass is 9.89. The minimum absolute atomic E-state index is 0.192. The van der Waals surface area contributed by atoms with E-state index in [1.807, 2.05) is 12.1 Å². The van der Waals surface area contributed by atoms with Crippen LogP contribution in [0.2, 0.25) is 0 Å². The maximum Gasteiger partial charge on any atom is 0.124 e. The van der Waals surface area contributed by atoms with Crippen molar-refractivity contribution < 1.29 is 9.13 Å². The van der Waals surface area contributed by atoms with Crippen molar-refractivity contribution in [2.45, 2.75) is 45.4 Å². The largest absolute Gasteiger partial charge is 0.487 e. The summed E-state index contributed by atoms with van der Waals surface area (Å²) in [6, 6.07) is 13.2. The monoisotopic (exact) mass is 299 g/mol. The normalized spacial score (nSPS) is 19.4. The molecule has 0 saturated heterocycles. The molecule has 0 aromatic heterocycles. The summed E-state index contributed by atoms with van der Waals surface area (Å²) in [7, 11) is 0. The minimum atomic E-state index is -0.197. The van der Waals surface area contributed by atoms with Gasteiger partial charge in [0.25, 0.3) is 0 Å². The van der Waals surface area contributed by atoms with Gasteiger partial charge in [0.15, 0.2) is 0 Å². The third-order valence-electron chi connectivity index (χ3n) is 4.09. The van der Waals surface area contributed by atoms with Gasteiger partial charge in [-0.25, -0.2) is 4.39 Å². The van der Waals surface area contributed by atoms with Crippen molar-refractivity contribution >= 4 is 0 Å². The van der Waals surface area contributed by atoms with E-state index in [2.05, 4.69) is 44.3 Å². The van der Waals surface area contributed by atoms with Crippen LogP contribution in [0, 0.1) is 12.7 Å². The fourth-order valence-electron chi connectivity index (χ4n) is 3.00. The van der Waals surface area contributed by atoms with Crippen LogP contribution in [-0.4, -0.2) is 5.60 Å². The highest BCUT2D eigenvalue weighted by Crippen LogP contribution is 2.39. The lowest BCUT2D eigenvalue weighted by Crippen LogP contribution is -2.39. The Morgan fingerprint density at radius 2 is 1.91 bits per heavy atom. The van der Waals surface area contributed by atoms with Crippen LogP contribution in [0.15, 0.2) is 42.5 Å². The Hall–Kier alpha value is -1.87. The molecule has 0 saturated carbocycles. The van der Waals surface area contributed by atoms with E-state index in [1.54, 1.807) is 0 Å². The zero-order chi connectivity index (χ0) is 15.7. The number of rotatable bonds is 3. The van der Waals surface area contributed by atoms with E-state index < -0.39 is 0 Å². The van der Waals surface area contributed by atoms with Crippen molar-refractivity contribution in [3.8, 4) is 5.75 Å². The Labute approximate surface area is 131 Å². The summed E-state index contributed by atoms with van der Waals surface area (Å²) in [4.78, 5) is 0. The van der Waals surface area contributed by atoms with Crippen molar-refractivity contribution in [2.75, 3.05) is 0 Å². The third-order valence-corrected chi connectivity index (χ3v) is 4.09. The smallest absolute Gasteiger partial charge is 0.124 e. The van der Waals surface area contributed by atoms with Gasteiger partial charge in [-0.15, -0.1) is 0 Å². The Balaban J connectivity index is 1.80. The average Bonchev–Trinajstić information content (AvgIpc) is 2.46. The molecule has 1 atom stereocenters. The first-order chi connectivity index (χ1) is 10.4. The van der Waals surface area contributed by atoms with E-state index >= 15 is 0 Å². The van der Waals surface area contributed by atoms with Crippen LogP contribution in [0.3, 0.4) is 0 Å². The molecule has 0 bridgehead atoms. The first-order valence-electron chi connectivity index (χ1n) is 7.70. The van der Waals surface area contributed by atoms with Gasteiger partial charge < -0.3 is 10.1 Å². The zero-order valence-corrected chi connectivity index (χ0v) is 13.3. The highest BCUT2D eigenvalue weighted by molar-refractivity contribution is 5.41. The highest BCUT2D eigenvalue weighted by atomic mass is 19.1. The van der Waals surface area contributed by atoms with Crippen molar-refractivity contribution in [1.82, 2.24) is 5.32 Å². The summed E-state index contributed by atoms with van der Waals surface area (Å²) in [5, 5.41) is 3.59. The van der Waals surface area contributed by atoms with Gasteiger partial charge in [-0.2, -0.15) is 0 Å². The molecule has 1 N–H and O–H groups in total. The van der Waals surface area contributed by atoms with E-state index in [4.69, 9.17) is 4.74 Å². The molecule has 2 nitrogen and oxygen atoms in total. The zero-order valence-electron chi connectivity index (χ0n) is 13.3. The Bertz CT molecular complexity index is 664. The Morgan fingerprint density at radius 3 is 2.64 bits per heavy atom. The molecule has 1 unspecified atom stereocenters. The standard InChI is InChI=1S/C19H22FNO/c1-13-4-9-18-16(10-13)17(11-19(2,3)22-18)21-12-14-5-7-15(20)8-6-14/h4-10,17,21H,11-12H2,1-3H3. The van der Waals surface area contributed by atoms with Gasteiger partial charge in [0.2, 0.25) is 0 Å². The summed E-state index contributed by atoms with van der Waals surface area (Å²) >= 11 is 0. The molecule has 0 fully saturated rings. The lowest BCUT2D eigenvalue weighted by molar-refractivity contribution is 0.0657. The van der Waals surface area contributed by atoms with Crippen LogP contribution in [-0.2, 0) is 6.54 Å². The Kier molecular flexibility index (Phi) is 3.92. The molecule has 1 heterocycles. The predicted octanol–water partition coefficient (Wildman–Crippen LogP) is 4.53. The van der Waals surface area contributed by atoms with Gasteiger partial charge >= 0.3 is 0 Å². The number of aryl methyl sites for hydroxylation is 1. The second kappa shape index (κ2) is 5.73. The van der Waals surface area contributed by atoms with Crippen LogP contribution in [0.1, 0.15) is 43.0 Å². The number of ether oxygens (including phenoxy) is 1. The number of halogens is 1. The second-order valence-electron chi connectivity index (χ2n) is 6.67. The van der Waals surface area contributed by atoms with Gasteiger partial charge in [-0.1, -0.05) is 29.8 Å². The van der Waals surface area contributed by atoms with Crippen LogP contribution >= 0.6 is 0 Å². The number of benzene rings is 2. The summed E-state index contributed by atoms with van der Waals surface area (Å²) in [6.45, 7) is 7.04. The number of hydrogen-bond donors (Lipinski definition) is 1. The van der Waals surface area contributed by atoms with E-state index in [-0.39, 0.29) is 17.5 Å². The van der Waals surface area contributed by atoms with Crippen molar-refractivity contribution in [3.63, 3.8) is 0 Å². The molecule has 0 amide bonds. The second-order valence-corrected chi connectivity index (χ2v) is 6.67.